The molecule has 0 fully saturated rings. The van der Waals surface area contributed by atoms with Gasteiger partial charge in [0.05, 0.1) is 15.5 Å². The second-order valence-corrected chi connectivity index (χ2v) is 5.20. The molecule has 9 heteroatoms. The summed E-state index contributed by atoms with van der Waals surface area (Å²) in [7, 11) is -4.03. The van der Waals surface area contributed by atoms with Gasteiger partial charge in [0.1, 0.15) is 5.69 Å². The highest BCUT2D eigenvalue weighted by Crippen LogP contribution is 2.33. The molecule has 0 aromatic heterocycles. The number of nitrogens with two attached hydrogens (primary N) is 2. The maximum absolute atomic E-state index is 11.2. The van der Waals surface area contributed by atoms with E-state index < -0.39 is 20.6 Å². The summed E-state index contributed by atoms with van der Waals surface area (Å²) < 4.78 is 22.3. The van der Waals surface area contributed by atoms with Crippen LogP contribution in [-0.2, 0) is 10.0 Å². The third-order valence-corrected chi connectivity index (χ3v) is 3.09. The van der Waals surface area contributed by atoms with Crippen molar-refractivity contribution in [3.8, 4) is 0 Å². The van der Waals surface area contributed by atoms with Crippen molar-refractivity contribution in [2.45, 2.75) is 18.2 Å². The van der Waals surface area contributed by atoms with Crippen molar-refractivity contribution >= 4 is 27.1 Å². The van der Waals surface area contributed by atoms with Crippen molar-refractivity contribution in [3.63, 3.8) is 0 Å². The van der Waals surface area contributed by atoms with Gasteiger partial charge in [-0.15, -0.1) is 0 Å². The number of nitrogens with zero attached hydrogens (tertiary/aromatic N) is 1. The van der Waals surface area contributed by atoms with Crippen molar-refractivity contribution in [2.24, 2.45) is 5.14 Å². The van der Waals surface area contributed by atoms with E-state index >= 15 is 0 Å². The van der Waals surface area contributed by atoms with E-state index in [2.05, 4.69) is 5.32 Å². The van der Waals surface area contributed by atoms with Gasteiger partial charge in [-0.05, 0) is 12.5 Å². The number of nitro benzene ring substituents is 1. The van der Waals surface area contributed by atoms with Crippen LogP contribution in [0.15, 0.2) is 17.0 Å². The molecule has 0 unspecified atom stereocenters. The molecule has 0 aliphatic carbocycles. The van der Waals surface area contributed by atoms with Crippen LogP contribution in [0.5, 0.6) is 0 Å². The number of primary sulfonamides is 1. The molecule has 0 saturated heterocycles. The Labute approximate surface area is 104 Å². The predicted octanol–water partition coefficient (Wildman–Crippen LogP) is 0.646. The lowest BCUT2D eigenvalue weighted by Crippen LogP contribution is -2.14. The van der Waals surface area contributed by atoms with Crippen molar-refractivity contribution in [1.82, 2.24) is 0 Å². The van der Waals surface area contributed by atoms with Crippen molar-refractivity contribution in [2.75, 3.05) is 17.6 Å². The fourth-order valence-electron chi connectivity index (χ4n) is 1.37. The van der Waals surface area contributed by atoms with E-state index in [0.29, 0.717) is 6.54 Å². The number of rotatable bonds is 5. The number of hydrogen-bond donors (Lipinski definition) is 3. The quantitative estimate of drug-likeness (QED) is 0.409. The summed E-state index contributed by atoms with van der Waals surface area (Å²) in [4.78, 5) is 9.80. The molecule has 0 saturated carbocycles. The molecule has 1 aromatic carbocycles. The molecular formula is C9H14N4O4S. The third-order valence-electron chi connectivity index (χ3n) is 2.20. The lowest BCUT2D eigenvalue weighted by molar-refractivity contribution is -0.384. The topological polar surface area (TPSA) is 141 Å². The molecular weight excluding hydrogens is 260 g/mol. The van der Waals surface area contributed by atoms with Crippen LogP contribution in [0.2, 0.25) is 0 Å². The number of nitrogens with one attached hydrogen (secondary N) is 1. The van der Waals surface area contributed by atoms with Gasteiger partial charge in [-0.25, -0.2) is 13.6 Å². The Hall–Kier alpha value is -1.87. The maximum atomic E-state index is 11.2. The second kappa shape index (κ2) is 5.19. The summed E-state index contributed by atoms with van der Waals surface area (Å²) in [5.74, 6) is 0. The van der Waals surface area contributed by atoms with E-state index in [-0.39, 0.29) is 16.3 Å². The van der Waals surface area contributed by atoms with Crippen molar-refractivity contribution < 1.29 is 13.3 Å². The Bertz CT molecular complexity index is 570. The lowest BCUT2D eigenvalue weighted by Gasteiger charge is -2.10. The van der Waals surface area contributed by atoms with Gasteiger partial charge in [-0.2, -0.15) is 0 Å². The molecule has 0 bridgehead atoms. The SMILES string of the molecule is CCCNc1c(N)cc(S(N)(=O)=O)cc1[N+](=O)[O-]. The van der Waals surface area contributed by atoms with E-state index in [0.717, 1.165) is 18.6 Å². The fraction of sp³-hybridized carbons (Fsp3) is 0.333. The minimum atomic E-state index is -4.03. The van der Waals surface area contributed by atoms with Crippen molar-refractivity contribution in [1.29, 1.82) is 0 Å². The zero-order valence-electron chi connectivity index (χ0n) is 9.71. The van der Waals surface area contributed by atoms with Crippen LogP contribution in [-0.4, -0.2) is 19.9 Å². The minimum Gasteiger partial charge on any atom is -0.397 e. The molecule has 8 nitrogen and oxygen atoms in total. The Morgan fingerprint density at radius 3 is 2.50 bits per heavy atom. The van der Waals surface area contributed by atoms with Gasteiger partial charge in [-0.3, -0.25) is 10.1 Å². The molecule has 0 spiro atoms. The lowest BCUT2D eigenvalue weighted by atomic mass is 10.2. The first-order valence-corrected chi connectivity index (χ1v) is 6.66. The Kier molecular flexibility index (Phi) is 4.09. The zero-order chi connectivity index (χ0) is 13.9. The smallest absolute Gasteiger partial charge is 0.295 e. The van der Waals surface area contributed by atoms with Gasteiger partial charge in [0, 0.05) is 12.6 Å². The first-order chi connectivity index (χ1) is 8.27. The average Bonchev–Trinajstić information content (AvgIpc) is 2.25. The molecule has 0 amide bonds. The maximum Gasteiger partial charge on any atom is 0.295 e. The van der Waals surface area contributed by atoms with E-state index in [1.165, 1.54) is 0 Å². The Morgan fingerprint density at radius 1 is 1.44 bits per heavy atom. The van der Waals surface area contributed by atoms with Crippen molar-refractivity contribution in [3.05, 3.63) is 22.2 Å². The largest absolute Gasteiger partial charge is 0.397 e. The summed E-state index contributed by atoms with van der Waals surface area (Å²) in [5, 5.41) is 18.6. The van der Waals surface area contributed by atoms with Gasteiger partial charge in [0.2, 0.25) is 10.0 Å². The molecule has 0 radical (unpaired) electrons. The molecule has 100 valence electrons. The molecule has 0 aliphatic heterocycles. The van der Waals surface area contributed by atoms with Crippen LogP contribution in [0.25, 0.3) is 0 Å². The fourth-order valence-corrected chi connectivity index (χ4v) is 1.94. The monoisotopic (exact) mass is 274 g/mol. The molecule has 0 aliphatic rings. The molecule has 1 rings (SSSR count). The highest BCUT2D eigenvalue weighted by molar-refractivity contribution is 7.89. The molecule has 5 N–H and O–H groups in total. The standard InChI is InChI=1S/C9H14N4O4S/c1-2-3-12-9-7(10)4-6(18(11,16)17)5-8(9)13(14)15/h4-5,12H,2-3,10H2,1H3,(H2,11,16,17). The van der Waals surface area contributed by atoms with Gasteiger partial charge in [0.15, 0.2) is 0 Å². The summed E-state index contributed by atoms with van der Waals surface area (Å²) in [6, 6.07) is 1.99. The zero-order valence-corrected chi connectivity index (χ0v) is 10.5. The molecule has 1 aromatic rings. The van der Waals surface area contributed by atoms with Gasteiger partial charge in [-0.1, -0.05) is 6.92 Å². The number of nitro groups is 1. The number of anilines is 2. The molecule has 0 atom stereocenters. The van der Waals surface area contributed by atoms with E-state index in [4.69, 9.17) is 10.9 Å². The van der Waals surface area contributed by atoms with E-state index in [1.54, 1.807) is 0 Å². The highest BCUT2D eigenvalue weighted by atomic mass is 32.2. The number of sulfonamides is 1. The first-order valence-electron chi connectivity index (χ1n) is 5.12. The Balaban J connectivity index is 3.41. The van der Waals surface area contributed by atoms with Crippen LogP contribution >= 0.6 is 0 Å². The van der Waals surface area contributed by atoms with Crippen LogP contribution in [0, 0.1) is 10.1 Å². The summed E-state index contributed by atoms with van der Waals surface area (Å²) >= 11 is 0. The number of nitrogen functional groups attached to an aromatic ring is 1. The van der Waals surface area contributed by atoms with Crippen LogP contribution in [0.4, 0.5) is 17.1 Å². The summed E-state index contributed by atoms with van der Waals surface area (Å²) in [6.07, 6.45) is 0.744. The van der Waals surface area contributed by atoms with Gasteiger partial charge < -0.3 is 11.1 Å². The Morgan fingerprint density at radius 2 is 2.06 bits per heavy atom. The average molecular weight is 274 g/mol. The minimum absolute atomic E-state index is 0.0262. The normalized spacial score (nSPS) is 11.2. The molecule has 18 heavy (non-hydrogen) atoms. The summed E-state index contributed by atoms with van der Waals surface area (Å²) in [6.45, 7) is 2.37. The predicted molar refractivity (Wildman–Crippen MR) is 67.7 cm³/mol. The van der Waals surface area contributed by atoms with Crippen LogP contribution in [0.3, 0.4) is 0 Å². The number of benzene rings is 1. The first kappa shape index (κ1) is 14.2. The van der Waals surface area contributed by atoms with Crippen LogP contribution < -0.4 is 16.2 Å². The van der Waals surface area contributed by atoms with Crippen LogP contribution in [0.1, 0.15) is 13.3 Å². The number of hydrogen-bond acceptors (Lipinski definition) is 6. The second-order valence-electron chi connectivity index (χ2n) is 3.64. The van der Waals surface area contributed by atoms with Gasteiger partial charge >= 0.3 is 0 Å². The van der Waals surface area contributed by atoms with E-state index in [9.17, 15) is 18.5 Å². The molecule has 0 heterocycles. The summed E-state index contributed by atoms with van der Waals surface area (Å²) in [5.41, 5.74) is 5.28. The third kappa shape index (κ3) is 3.08. The highest BCUT2D eigenvalue weighted by Gasteiger charge is 2.21. The van der Waals surface area contributed by atoms with Gasteiger partial charge in [0.25, 0.3) is 5.69 Å². The van der Waals surface area contributed by atoms with E-state index in [1.807, 2.05) is 6.92 Å².